The molecule has 0 unspecified atom stereocenters. The fourth-order valence-electron chi connectivity index (χ4n) is 2.68. The van der Waals surface area contributed by atoms with E-state index in [0.29, 0.717) is 29.2 Å². The van der Waals surface area contributed by atoms with E-state index in [0.717, 1.165) is 6.42 Å². The van der Waals surface area contributed by atoms with Gasteiger partial charge in [0.05, 0.1) is 0 Å². The summed E-state index contributed by atoms with van der Waals surface area (Å²) in [5.41, 5.74) is 0.944. The SMILES string of the molecule is O=C1CCCN1CN(C(=O)c1ccc(F)cc1)c1cccc(Cl)c1. The second-order valence-electron chi connectivity index (χ2n) is 5.62. The van der Waals surface area contributed by atoms with Gasteiger partial charge in [-0.25, -0.2) is 4.39 Å². The second kappa shape index (κ2) is 7.01. The molecule has 0 saturated carbocycles. The molecule has 1 aliphatic rings. The number of benzene rings is 2. The van der Waals surface area contributed by atoms with Crippen molar-refractivity contribution in [3.63, 3.8) is 0 Å². The van der Waals surface area contributed by atoms with E-state index in [1.54, 1.807) is 29.2 Å². The molecule has 1 heterocycles. The summed E-state index contributed by atoms with van der Waals surface area (Å²) < 4.78 is 13.1. The zero-order valence-electron chi connectivity index (χ0n) is 12.9. The molecule has 0 aliphatic carbocycles. The molecule has 0 aromatic heterocycles. The largest absolute Gasteiger partial charge is 0.324 e. The quantitative estimate of drug-likeness (QED) is 0.846. The van der Waals surface area contributed by atoms with Crippen LogP contribution in [0.25, 0.3) is 0 Å². The minimum absolute atomic E-state index is 0.0222. The maximum atomic E-state index is 13.1. The average molecular weight is 347 g/mol. The molecule has 2 amide bonds. The normalized spacial score (nSPS) is 14.1. The molecule has 0 radical (unpaired) electrons. The van der Waals surface area contributed by atoms with Crippen LogP contribution >= 0.6 is 11.6 Å². The Balaban J connectivity index is 1.93. The van der Waals surface area contributed by atoms with Gasteiger partial charge in [-0.3, -0.25) is 14.5 Å². The first-order valence-corrected chi connectivity index (χ1v) is 8.03. The van der Waals surface area contributed by atoms with Gasteiger partial charge >= 0.3 is 0 Å². The number of anilines is 1. The van der Waals surface area contributed by atoms with Crippen molar-refractivity contribution in [3.05, 3.63) is 64.9 Å². The van der Waals surface area contributed by atoms with Crippen LogP contribution in [0.1, 0.15) is 23.2 Å². The number of rotatable bonds is 4. The summed E-state index contributed by atoms with van der Waals surface area (Å²) in [4.78, 5) is 27.9. The molecule has 4 nitrogen and oxygen atoms in total. The predicted octanol–water partition coefficient (Wildman–Crippen LogP) is 3.71. The van der Waals surface area contributed by atoms with Crippen LogP contribution in [-0.4, -0.2) is 29.9 Å². The van der Waals surface area contributed by atoms with E-state index < -0.39 is 5.82 Å². The first-order chi connectivity index (χ1) is 11.5. The number of hydrogen-bond acceptors (Lipinski definition) is 2. The Kier molecular flexibility index (Phi) is 4.81. The highest BCUT2D eigenvalue weighted by molar-refractivity contribution is 6.31. The molecule has 1 aliphatic heterocycles. The van der Waals surface area contributed by atoms with Crippen molar-refractivity contribution in [1.82, 2.24) is 4.90 Å². The van der Waals surface area contributed by atoms with Crippen molar-refractivity contribution in [2.24, 2.45) is 0 Å². The van der Waals surface area contributed by atoms with Gasteiger partial charge in [-0.2, -0.15) is 0 Å². The van der Waals surface area contributed by atoms with Crippen LogP contribution in [0.2, 0.25) is 5.02 Å². The number of carbonyl (C=O) groups is 2. The summed E-state index contributed by atoms with van der Waals surface area (Å²) in [6, 6.07) is 12.2. The summed E-state index contributed by atoms with van der Waals surface area (Å²) in [6.07, 6.45) is 1.28. The minimum Gasteiger partial charge on any atom is -0.324 e. The van der Waals surface area contributed by atoms with Crippen molar-refractivity contribution in [2.45, 2.75) is 12.8 Å². The Morgan fingerprint density at radius 2 is 1.96 bits per heavy atom. The molecule has 0 N–H and O–H groups in total. The van der Waals surface area contributed by atoms with Gasteiger partial charge in [0.15, 0.2) is 0 Å². The van der Waals surface area contributed by atoms with Crippen LogP contribution in [0.5, 0.6) is 0 Å². The molecule has 3 rings (SSSR count). The highest BCUT2D eigenvalue weighted by atomic mass is 35.5. The van der Waals surface area contributed by atoms with Crippen molar-refractivity contribution in [1.29, 1.82) is 0 Å². The molecule has 2 aromatic carbocycles. The Bertz CT molecular complexity index is 764. The summed E-state index contributed by atoms with van der Waals surface area (Å²) >= 11 is 6.04. The average Bonchev–Trinajstić information content (AvgIpc) is 2.97. The van der Waals surface area contributed by atoms with E-state index in [4.69, 9.17) is 11.6 Å². The summed E-state index contributed by atoms with van der Waals surface area (Å²) in [5, 5.41) is 0.497. The van der Waals surface area contributed by atoms with Crippen LogP contribution < -0.4 is 4.90 Å². The molecule has 1 fully saturated rings. The fraction of sp³-hybridized carbons (Fsp3) is 0.222. The number of amides is 2. The van der Waals surface area contributed by atoms with Crippen LogP contribution in [0.3, 0.4) is 0 Å². The van der Waals surface area contributed by atoms with Gasteiger partial charge in [0, 0.05) is 29.2 Å². The smallest absolute Gasteiger partial charge is 0.259 e. The first kappa shape index (κ1) is 16.5. The molecule has 2 aromatic rings. The molecule has 24 heavy (non-hydrogen) atoms. The first-order valence-electron chi connectivity index (χ1n) is 7.65. The third kappa shape index (κ3) is 3.57. The lowest BCUT2D eigenvalue weighted by molar-refractivity contribution is -0.127. The molecule has 6 heteroatoms. The summed E-state index contributed by atoms with van der Waals surface area (Å²) in [6.45, 7) is 0.766. The van der Waals surface area contributed by atoms with E-state index in [-0.39, 0.29) is 18.5 Å². The zero-order chi connectivity index (χ0) is 17.1. The lowest BCUT2D eigenvalue weighted by Crippen LogP contribution is -2.42. The van der Waals surface area contributed by atoms with E-state index in [9.17, 15) is 14.0 Å². The predicted molar refractivity (Wildman–Crippen MR) is 90.5 cm³/mol. The van der Waals surface area contributed by atoms with Gasteiger partial charge in [0.25, 0.3) is 5.91 Å². The zero-order valence-corrected chi connectivity index (χ0v) is 13.7. The van der Waals surface area contributed by atoms with Gasteiger partial charge < -0.3 is 4.90 Å². The van der Waals surface area contributed by atoms with Crippen molar-refractivity contribution in [2.75, 3.05) is 18.1 Å². The maximum Gasteiger partial charge on any atom is 0.259 e. The van der Waals surface area contributed by atoms with Gasteiger partial charge in [0.2, 0.25) is 5.91 Å². The van der Waals surface area contributed by atoms with Crippen molar-refractivity contribution < 1.29 is 14.0 Å². The minimum atomic E-state index is -0.407. The van der Waals surface area contributed by atoms with Crippen LogP contribution in [0, 0.1) is 5.82 Å². The lowest BCUT2D eigenvalue weighted by Gasteiger charge is -2.28. The van der Waals surface area contributed by atoms with Crippen LogP contribution in [-0.2, 0) is 4.79 Å². The highest BCUT2D eigenvalue weighted by Gasteiger charge is 2.26. The second-order valence-corrected chi connectivity index (χ2v) is 6.06. The molecule has 0 bridgehead atoms. The number of halogens is 2. The Morgan fingerprint density at radius 1 is 1.21 bits per heavy atom. The van der Waals surface area contributed by atoms with Gasteiger partial charge in [0.1, 0.15) is 12.5 Å². The van der Waals surface area contributed by atoms with Crippen LogP contribution in [0.4, 0.5) is 10.1 Å². The van der Waals surface area contributed by atoms with E-state index in [1.165, 1.54) is 29.2 Å². The van der Waals surface area contributed by atoms with Crippen LogP contribution in [0.15, 0.2) is 48.5 Å². The molecular weight excluding hydrogens is 331 g/mol. The summed E-state index contributed by atoms with van der Waals surface area (Å²) in [5.74, 6) is -0.693. The fourth-order valence-corrected chi connectivity index (χ4v) is 2.86. The molecule has 0 atom stereocenters. The van der Waals surface area contributed by atoms with Crippen molar-refractivity contribution >= 4 is 29.1 Å². The number of likely N-dealkylation sites (tertiary alicyclic amines) is 1. The Labute approximate surface area is 144 Å². The third-order valence-electron chi connectivity index (χ3n) is 3.94. The maximum absolute atomic E-state index is 13.1. The van der Waals surface area contributed by atoms with E-state index in [2.05, 4.69) is 0 Å². The van der Waals surface area contributed by atoms with Gasteiger partial charge in [-0.1, -0.05) is 17.7 Å². The monoisotopic (exact) mass is 346 g/mol. The van der Waals surface area contributed by atoms with E-state index in [1.807, 2.05) is 0 Å². The molecular formula is C18H16ClFN2O2. The van der Waals surface area contributed by atoms with Gasteiger partial charge in [-0.05, 0) is 48.9 Å². The Morgan fingerprint density at radius 3 is 2.58 bits per heavy atom. The molecule has 124 valence electrons. The van der Waals surface area contributed by atoms with Crippen molar-refractivity contribution in [3.8, 4) is 0 Å². The molecule has 1 saturated heterocycles. The molecule has 0 spiro atoms. The number of carbonyl (C=O) groups excluding carboxylic acids is 2. The number of hydrogen-bond donors (Lipinski definition) is 0. The standard InChI is InChI=1S/C18H16ClFN2O2/c19-14-3-1-4-16(11-14)22(12-21-10-2-5-17(21)23)18(24)13-6-8-15(20)9-7-13/h1,3-4,6-9,11H,2,5,10,12H2. The van der Waals surface area contributed by atoms with Gasteiger partial charge in [-0.15, -0.1) is 0 Å². The van der Waals surface area contributed by atoms with E-state index >= 15 is 0 Å². The summed E-state index contributed by atoms with van der Waals surface area (Å²) in [7, 11) is 0. The third-order valence-corrected chi connectivity index (χ3v) is 4.17. The Hall–Kier alpha value is -2.40. The lowest BCUT2D eigenvalue weighted by atomic mass is 10.2. The number of nitrogens with zero attached hydrogens (tertiary/aromatic N) is 2. The topological polar surface area (TPSA) is 40.6 Å². The highest BCUT2D eigenvalue weighted by Crippen LogP contribution is 2.23.